The molecule has 1 saturated heterocycles. The van der Waals surface area contributed by atoms with Gasteiger partial charge in [0.05, 0.1) is 0 Å². The van der Waals surface area contributed by atoms with Gasteiger partial charge in [-0.05, 0) is 31.7 Å². The summed E-state index contributed by atoms with van der Waals surface area (Å²) >= 11 is 0. The molecule has 2 rings (SSSR count). The van der Waals surface area contributed by atoms with Crippen molar-refractivity contribution >= 4 is 11.8 Å². The molecule has 3 atom stereocenters. The second kappa shape index (κ2) is 5.49. The SMILES string of the molecule is NCC1CCCC1C(=O)NCC1CCC(=O)N1. The lowest BCUT2D eigenvalue weighted by atomic mass is 9.95. The molecular weight excluding hydrogens is 218 g/mol. The molecule has 0 aromatic heterocycles. The molecule has 0 spiro atoms. The molecule has 1 heterocycles. The molecule has 1 aliphatic heterocycles. The van der Waals surface area contributed by atoms with Crippen molar-refractivity contribution in [2.45, 2.75) is 38.1 Å². The van der Waals surface area contributed by atoms with E-state index in [0.29, 0.717) is 25.4 Å². The van der Waals surface area contributed by atoms with Crippen LogP contribution in [0, 0.1) is 11.8 Å². The maximum Gasteiger partial charge on any atom is 0.223 e. The van der Waals surface area contributed by atoms with Crippen LogP contribution in [-0.2, 0) is 9.59 Å². The molecule has 17 heavy (non-hydrogen) atoms. The minimum Gasteiger partial charge on any atom is -0.354 e. The van der Waals surface area contributed by atoms with Crippen molar-refractivity contribution in [2.24, 2.45) is 17.6 Å². The van der Waals surface area contributed by atoms with E-state index in [-0.39, 0.29) is 23.8 Å². The Morgan fingerprint density at radius 3 is 2.88 bits per heavy atom. The predicted octanol–water partition coefficient (Wildman–Crippen LogP) is -0.244. The van der Waals surface area contributed by atoms with E-state index in [1.165, 1.54) is 0 Å². The van der Waals surface area contributed by atoms with Crippen molar-refractivity contribution in [3.8, 4) is 0 Å². The van der Waals surface area contributed by atoms with Crippen molar-refractivity contribution in [1.82, 2.24) is 10.6 Å². The molecule has 3 unspecified atom stereocenters. The summed E-state index contributed by atoms with van der Waals surface area (Å²) in [6, 6.07) is 0.115. The average molecular weight is 239 g/mol. The largest absolute Gasteiger partial charge is 0.354 e. The maximum absolute atomic E-state index is 12.0. The Balaban J connectivity index is 1.75. The highest BCUT2D eigenvalue weighted by Crippen LogP contribution is 2.30. The predicted molar refractivity (Wildman–Crippen MR) is 64.1 cm³/mol. The molecule has 0 aromatic rings. The van der Waals surface area contributed by atoms with Gasteiger partial charge in [-0.2, -0.15) is 0 Å². The van der Waals surface area contributed by atoms with Crippen LogP contribution in [0.5, 0.6) is 0 Å². The third kappa shape index (κ3) is 2.97. The minimum atomic E-state index is 0.0807. The van der Waals surface area contributed by atoms with Gasteiger partial charge < -0.3 is 16.4 Å². The minimum absolute atomic E-state index is 0.0807. The van der Waals surface area contributed by atoms with Gasteiger partial charge in [0.1, 0.15) is 0 Å². The van der Waals surface area contributed by atoms with Crippen molar-refractivity contribution in [3.05, 3.63) is 0 Å². The first-order valence-corrected chi connectivity index (χ1v) is 6.48. The standard InChI is InChI=1S/C12H21N3O2/c13-6-8-2-1-3-10(8)12(17)14-7-9-4-5-11(16)15-9/h8-10H,1-7,13H2,(H,14,17)(H,15,16). The van der Waals surface area contributed by atoms with Crippen LogP contribution in [0.15, 0.2) is 0 Å². The fraction of sp³-hybridized carbons (Fsp3) is 0.833. The quantitative estimate of drug-likeness (QED) is 0.633. The van der Waals surface area contributed by atoms with Gasteiger partial charge in [-0.3, -0.25) is 9.59 Å². The normalized spacial score (nSPS) is 32.5. The number of rotatable bonds is 4. The lowest BCUT2D eigenvalue weighted by Crippen LogP contribution is -2.42. The fourth-order valence-corrected chi connectivity index (χ4v) is 2.85. The van der Waals surface area contributed by atoms with Crippen molar-refractivity contribution < 1.29 is 9.59 Å². The van der Waals surface area contributed by atoms with E-state index >= 15 is 0 Å². The van der Waals surface area contributed by atoms with E-state index in [0.717, 1.165) is 25.7 Å². The monoisotopic (exact) mass is 239 g/mol. The smallest absolute Gasteiger partial charge is 0.223 e. The molecule has 5 heteroatoms. The van der Waals surface area contributed by atoms with E-state index in [1.54, 1.807) is 0 Å². The molecule has 96 valence electrons. The summed E-state index contributed by atoms with van der Waals surface area (Å²) in [7, 11) is 0. The van der Waals surface area contributed by atoms with Gasteiger partial charge in [-0.1, -0.05) is 6.42 Å². The zero-order chi connectivity index (χ0) is 12.3. The molecule has 2 aliphatic rings. The summed E-state index contributed by atoms with van der Waals surface area (Å²) in [4.78, 5) is 23.0. The van der Waals surface area contributed by atoms with Crippen LogP contribution < -0.4 is 16.4 Å². The number of hydrogen-bond acceptors (Lipinski definition) is 3. The average Bonchev–Trinajstić information content (AvgIpc) is 2.94. The fourth-order valence-electron chi connectivity index (χ4n) is 2.85. The van der Waals surface area contributed by atoms with Crippen molar-refractivity contribution in [3.63, 3.8) is 0 Å². The topological polar surface area (TPSA) is 84.2 Å². The summed E-state index contributed by atoms with van der Waals surface area (Å²) in [6.07, 6.45) is 4.51. The summed E-state index contributed by atoms with van der Waals surface area (Å²) in [5, 5.41) is 5.79. The molecule has 2 amide bonds. The first-order valence-electron chi connectivity index (χ1n) is 6.48. The zero-order valence-electron chi connectivity index (χ0n) is 10.1. The molecule has 0 bridgehead atoms. The van der Waals surface area contributed by atoms with Gasteiger partial charge in [0.25, 0.3) is 0 Å². The highest BCUT2D eigenvalue weighted by molar-refractivity contribution is 5.80. The number of amides is 2. The molecule has 4 N–H and O–H groups in total. The van der Waals surface area contributed by atoms with Gasteiger partial charge in [0.2, 0.25) is 11.8 Å². The van der Waals surface area contributed by atoms with E-state index in [2.05, 4.69) is 10.6 Å². The Morgan fingerprint density at radius 2 is 2.24 bits per heavy atom. The second-order valence-corrected chi connectivity index (χ2v) is 5.08. The van der Waals surface area contributed by atoms with Crippen LogP contribution in [0.25, 0.3) is 0 Å². The molecule has 2 fully saturated rings. The Hall–Kier alpha value is -1.10. The number of carbonyl (C=O) groups is 2. The van der Waals surface area contributed by atoms with Gasteiger partial charge in [0, 0.05) is 24.9 Å². The van der Waals surface area contributed by atoms with Crippen molar-refractivity contribution in [1.29, 1.82) is 0 Å². The lowest BCUT2D eigenvalue weighted by molar-refractivity contribution is -0.126. The Kier molecular flexibility index (Phi) is 3.99. The van der Waals surface area contributed by atoms with Gasteiger partial charge in [0.15, 0.2) is 0 Å². The van der Waals surface area contributed by atoms with Crippen LogP contribution in [0.1, 0.15) is 32.1 Å². The Labute approximate surface area is 102 Å². The van der Waals surface area contributed by atoms with Gasteiger partial charge >= 0.3 is 0 Å². The van der Waals surface area contributed by atoms with Gasteiger partial charge in [-0.25, -0.2) is 0 Å². The van der Waals surface area contributed by atoms with Crippen LogP contribution in [-0.4, -0.2) is 30.9 Å². The number of nitrogens with one attached hydrogen (secondary N) is 2. The first kappa shape index (κ1) is 12.4. The third-order valence-corrected chi connectivity index (χ3v) is 3.91. The van der Waals surface area contributed by atoms with Crippen LogP contribution in [0.4, 0.5) is 0 Å². The molecule has 0 aromatic carbocycles. The highest BCUT2D eigenvalue weighted by atomic mass is 16.2. The van der Waals surface area contributed by atoms with E-state index in [1.807, 2.05) is 0 Å². The molecule has 5 nitrogen and oxygen atoms in total. The summed E-state index contributed by atoms with van der Waals surface area (Å²) in [6.45, 7) is 1.15. The van der Waals surface area contributed by atoms with Gasteiger partial charge in [-0.15, -0.1) is 0 Å². The van der Waals surface area contributed by atoms with E-state index in [9.17, 15) is 9.59 Å². The zero-order valence-corrected chi connectivity index (χ0v) is 10.1. The molecule has 1 aliphatic carbocycles. The number of hydrogen-bond donors (Lipinski definition) is 3. The highest BCUT2D eigenvalue weighted by Gasteiger charge is 2.32. The third-order valence-electron chi connectivity index (χ3n) is 3.91. The second-order valence-electron chi connectivity index (χ2n) is 5.08. The summed E-state index contributed by atoms with van der Waals surface area (Å²) < 4.78 is 0. The molecule has 0 radical (unpaired) electrons. The number of carbonyl (C=O) groups excluding carboxylic acids is 2. The van der Waals surface area contributed by atoms with Crippen LogP contribution >= 0.6 is 0 Å². The van der Waals surface area contributed by atoms with Crippen LogP contribution in [0.2, 0.25) is 0 Å². The van der Waals surface area contributed by atoms with Crippen molar-refractivity contribution in [2.75, 3.05) is 13.1 Å². The lowest BCUT2D eigenvalue weighted by Gasteiger charge is -2.19. The summed E-state index contributed by atoms with van der Waals surface area (Å²) in [5.41, 5.74) is 5.66. The first-order chi connectivity index (χ1) is 8.20. The Morgan fingerprint density at radius 1 is 1.41 bits per heavy atom. The molecular formula is C12H21N3O2. The Bertz CT molecular complexity index is 306. The molecule has 1 saturated carbocycles. The summed E-state index contributed by atoms with van der Waals surface area (Å²) in [5.74, 6) is 0.620. The van der Waals surface area contributed by atoms with E-state index in [4.69, 9.17) is 5.73 Å². The van der Waals surface area contributed by atoms with Crippen LogP contribution in [0.3, 0.4) is 0 Å². The maximum atomic E-state index is 12.0. The van der Waals surface area contributed by atoms with E-state index < -0.39 is 0 Å². The number of nitrogens with two attached hydrogens (primary N) is 1.